The smallest absolute Gasteiger partial charge is 0.336 e. The summed E-state index contributed by atoms with van der Waals surface area (Å²) in [5, 5.41) is 17.5. The predicted octanol–water partition coefficient (Wildman–Crippen LogP) is 1.48. The SMILES string of the molecule is O=C(O)c1cccc(CO)c1I. The Morgan fingerprint density at radius 1 is 1.50 bits per heavy atom. The van der Waals surface area contributed by atoms with E-state index in [1.54, 1.807) is 12.1 Å². The number of rotatable bonds is 2. The zero-order valence-corrected chi connectivity index (χ0v) is 8.28. The molecule has 12 heavy (non-hydrogen) atoms. The molecule has 0 fully saturated rings. The van der Waals surface area contributed by atoms with Crippen molar-refractivity contribution in [1.29, 1.82) is 0 Å². The van der Waals surface area contributed by atoms with Gasteiger partial charge in [-0.3, -0.25) is 0 Å². The molecule has 0 amide bonds. The van der Waals surface area contributed by atoms with E-state index in [0.717, 1.165) is 0 Å². The number of benzene rings is 1. The molecule has 0 aliphatic heterocycles. The molecule has 0 bridgehead atoms. The minimum absolute atomic E-state index is 0.126. The molecule has 2 N–H and O–H groups in total. The average Bonchev–Trinajstić information content (AvgIpc) is 2.04. The summed E-state index contributed by atoms with van der Waals surface area (Å²) in [5.74, 6) is -0.963. The third kappa shape index (κ3) is 1.75. The van der Waals surface area contributed by atoms with Gasteiger partial charge in [0, 0.05) is 3.57 Å². The van der Waals surface area contributed by atoms with Crippen molar-refractivity contribution in [1.82, 2.24) is 0 Å². The van der Waals surface area contributed by atoms with E-state index in [0.29, 0.717) is 9.13 Å². The van der Waals surface area contributed by atoms with Crippen LogP contribution in [0.15, 0.2) is 18.2 Å². The van der Waals surface area contributed by atoms with Gasteiger partial charge in [-0.2, -0.15) is 0 Å². The van der Waals surface area contributed by atoms with Gasteiger partial charge in [-0.25, -0.2) is 4.79 Å². The molecule has 0 atom stereocenters. The van der Waals surface area contributed by atoms with E-state index in [1.165, 1.54) is 6.07 Å². The minimum Gasteiger partial charge on any atom is -0.478 e. The molecule has 0 heterocycles. The highest BCUT2D eigenvalue weighted by molar-refractivity contribution is 14.1. The van der Waals surface area contributed by atoms with Gasteiger partial charge < -0.3 is 10.2 Å². The summed E-state index contributed by atoms with van der Waals surface area (Å²) in [4.78, 5) is 10.6. The average molecular weight is 278 g/mol. The number of halogens is 1. The van der Waals surface area contributed by atoms with Crippen molar-refractivity contribution in [3.63, 3.8) is 0 Å². The number of carboxylic acid groups (broad SMARTS) is 1. The molecule has 0 saturated heterocycles. The van der Waals surface area contributed by atoms with Gasteiger partial charge in [0.15, 0.2) is 0 Å². The second-order valence-corrected chi connectivity index (χ2v) is 3.32. The van der Waals surface area contributed by atoms with Crippen molar-refractivity contribution in [3.8, 4) is 0 Å². The molecule has 0 aliphatic carbocycles. The van der Waals surface area contributed by atoms with E-state index in [2.05, 4.69) is 0 Å². The Morgan fingerprint density at radius 2 is 2.17 bits per heavy atom. The maximum Gasteiger partial charge on any atom is 0.336 e. The number of aliphatic hydroxyl groups excluding tert-OH is 1. The summed E-state index contributed by atoms with van der Waals surface area (Å²) >= 11 is 1.92. The Balaban J connectivity index is 3.23. The number of aliphatic hydroxyl groups is 1. The van der Waals surface area contributed by atoms with Crippen molar-refractivity contribution >= 4 is 28.6 Å². The Hall–Kier alpha value is -0.620. The Bertz CT molecular complexity index is 309. The highest BCUT2D eigenvalue weighted by Gasteiger charge is 2.09. The summed E-state index contributed by atoms with van der Waals surface area (Å²) in [6.45, 7) is -0.126. The summed E-state index contributed by atoms with van der Waals surface area (Å²) in [7, 11) is 0. The van der Waals surface area contributed by atoms with E-state index < -0.39 is 5.97 Å². The van der Waals surface area contributed by atoms with Crippen molar-refractivity contribution in [2.45, 2.75) is 6.61 Å². The van der Waals surface area contributed by atoms with Crippen molar-refractivity contribution in [3.05, 3.63) is 32.9 Å². The molecule has 1 aromatic carbocycles. The van der Waals surface area contributed by atoms with E-state index in [-0.39, 0.29) is 12.2 Å². The lowest BCUT2D eigenvalue weighted by atomic mass is 10.1. The topological polar surface area (TPSA) is 57.5 Å². The van der Waals surface area contributed by atoms with Gasteiger partial charge in [0.2, 0.25) is 0 Å². The van der Waals surface area contributed by atoms with E-state index in [1.807, 2.05) is 22.6 Å². The largest absolute Gasteiger partial charge is 0.478 e. The molecule has 1 aromatic rings. The highest BCUT2D eigenvalue weighted by atomic mass is 127. The molecule has 0 unspecified atom stereocenters. The fourth-order valence-electron chi connectivity index (χ4n) is 0.867. The second kappa shape index (κ2) is 3.86. The van der Waals surface area contributed by atoms with Crippen LogP contribution in [0.5, 0.6) is 0 Å². The standard InChI is InChI=1S/C8H7IO3/c9-7-5(4-10)2-1-3-6(7)8(11)12/h1-3,10H,4H2,(H,11,12). The first kappa shape index (κ1) is 9.47. The van der Waals surface area contributed by atoms with Crippen LogP contribution in [-0.2, 0) is 6.61 Å². The maximum atomic E-state index is 10.6. The predicted molar refractivity (Wildman–Crippen MR) is 52.0 cm³/mol. The van der Waals surface area contributed by atoms with E-state index in [9.17, 15) is 4.79 Å². The fourth-order valence-corrected chi connectivity index (χ4v) is 1.63. The van der Waals surface area contributed by atoms with Crippen LogP contribution in [0.2, 0.25) is 0 Å². The Morgan fingerprint density at radius 3 is 2.67 bits per heavy atom. The van der Waals surface area contributed by atoms with Gasteiger partial charge in [-0.15, -0.1) is 0 Å². The lowest BCUT2D eigenvalue weighted by Gasteiger charge is -2.02. The molecule has 3 nitrogen and oxygen atoms in total. The molecule has 4 heteroatoms. The molecule has 0 saturated carbocycles. The van der Waals surface area contributed by atoms with Crippen LogP contribution in [0.25, 0.3) is 0 Å². The van der Waals surface area contributed by atoms with Crippen LogP contribution in [-0.4, -0.2) is 16.2 Å². The molecule has 0 aromatic heterocycles. The summed E-state index contributed by atoms with van der Waals surface area (Å²) in [6, 6.07) is 4.84. The third-order valence-electron chi connectivity index (χ3n) is 1.48. The molecular weight excluding hydrogens is 271 g/mol. The Labute approximate surface area is 83.2 Å². The lowest BCUT2D eigenvalue weighted by Crippen LogP contribution is -2.02. The van der Waals surface area contributed by atoms with Crippen LogP contribution in [0.3, 0.4) is 0 Å². The Kier molecular flexibility index (Phi) is 3.05. The molecule has 64 valence electrons. The van der Waals surface area contributed by atoms with Crippen LogP contribution in [0, 0.1) is 3.57 Å². The highest BCUT2D eigenvalue weighted by Crippen LogP contribution is 2.17. The van der Waals surface area contributed by atoms with Crippen molar-refractivity contribution in [2.24, 2.45) is 0 Å². The zero-order chi connectivity index (χ0) is 9.14. The van der Waals surface area contributed by atoms with Crippen molar-refractivity contribution < 1.29 is 15.0 Å². The quantitative estimate of drug-likeness (QED) is 0.806. The normalized spacial score (nSPS) is 9.83. The summed E-state index contributed by atoms with van der Waals surface area (Å²) < 4.78 is 0.602. The van der Waals surface area contributed by atoms with E-state index >= 15 is 0 Å². The van der Waals surface area contributed by atoms with Gasteiger partial charge in [0.05, 0.1) is 12.2 Å². The molecule has 0 radical (unpaired) electrons. The number of carboxylic acids is 1. The fraction of sp³-hybridized carbons (Fsp3) is 0.125. The van der Waals surface area contributed by atoms with Crippen LogP contribution >= 0.6 is 22.6 Å². The second-order valence-electron chi connectivity index (χ2n) is 2.24. The number of hydrogen-bond donors (Lipinski definition) is 2. The first-order chi connectivity index (χ1) is 5.66. The van der Waals surface area contributed by atoms with Gasteiger partial charge >= 0.3 is 5.97 Å². The molecule has 0 aliphatic rings. The lowest BCUT2D eigenvalue weighted by molar-refractivity contribution is 0.0695. The third-order valence-corrected chi connectivity index (χ3v) is 2.75. The maximum absolute atomic E-state index is 10.6. The summed E-state index contributed by atoms with van der Waals surface area (Å²) in [6.07, 6.45) is 0. The van der Waals surface area contributed by atoms with Crippen LogP contribution in [0.4, 0.5) is 0 Å². The van der Waals surface area contributed by atoms with Crippen molar-refractivity contribution in [2.75, 3.05) is 0 Å². The van der Waals surface area contributed by atoms with Gasteiger partial charge in [0.25, 0.3) is 0 Å². The zero-order valence-electron chi connectivity index (χ0n) is 6.12. The van der Waals surface area contributed by atoms with Gasteiger partial charge in [-0.1, -0.05) is 12.1 Å². The summed E-state index contributed by atoms with van der Waals surface area (Å²) in [5.41, 5.74) is 0.887. The number of carbonyl (C=O) groups is 1. The van der Waals surface area contributed by atoms with Gasteiger partial charge in [0.1, 0.15) is 0 Å². The number of aromatic carboxylic acids is 1. The minimum atomic E-state index is -0.963. The molecule has 0 spiro atoms. The van der Waals surface area contributed by atoms with Gasteiger partial charge in [-0.05, 0) is 34.2 Å². The molecule has 1 rings (SSSR count). The first-order valence-corrected chi connectivity index (χ1v) is 4.36. The van der Waals surface area contributed by atoms with E-state index in [4.69, 9.17) is 10.2 Å². The number of hydrogen-bond acceptors (Lipinski definition) is 2. The monoisotopic (exact) mass is 278 g/mol. The molecular formula is C8H7IO3. The van der Waals surface area contributed by atoms with Crippen LogP contribution in [0.1, 0.15) is 15.9 Å². The first-order valence-electron chi connectivity index (χ1n) is 3.28. The van der Waals surface area contributed by atoms with Crippen LogP contribution < -0.4 is 0 Å².